The van der Waals surface area contributed by atoms with E-state index in [4.69, 9.17) is 4.74 Å². The molecule has 2 heterocycles. The Labute approximate surface area is 79.7 Å². The predicted molar refractivity (Wildman–Crippen MR) is 50.4 cm³/mol. The third kappa shape index (κ3) is 2.22. The fourth-order valence-electron chi connectivity index (χ4n) is 2.36. The summed E-state index contributed by atoms with van der Waals surface area (Å²) < 4.78 is 5.26. The van der Waals surface area contributed by atoms with Crippen LogP contribution in [0.4, 0.5) is 0 Å². The summed E-state index contributed by atoms with van der Waals surface area (Å²) in [6.07, 6.45) is 5.57. The van der Waals surface area contributed by atoms with Gasteiger partial charge in [-0.15, -0.1) is 0 Å². The molecule has 2 saturated heterocycles. The van der Waals surface area contributed by atoms with Crippen LogP contribution < -0.4 is 0 Å². The van der Waals surface area contributed by atoms with Crippen LogP contribution in [0.1, 0.15) is 32.1 Å². The summed E-state index contributed by atoms with van der Waals surface area (Å²) in [7, 11) is 0. The zero-order valence-corrected chi connectivity index (χ0v) is 8.11. The summed E-state index contributed by atoms with van der Waals surface area (Å²) in [6.45, 7) is 3.02. The molecule has 0 saturated carbocycles. The zero-order valence-electron chi connectivity index (χ0n) is 8.11. The number of aliphatic hydroxyl groups excluding tert-OH is 1. The summed E-state index contributed by atoms with van der Waals surface area (Å²) in [5, 5.41) is 9.66. The number of nitrogens with zero attached hydrogens (tertiary/aromatic N) is 1. The Morgan fingerprint density at radius 2 is 1.85 bits per heavy atom. The highest BCUT2D eigenvalue weighted by molar-refractivity contribution is 4.79. The van der Waals surface area contributed by atoms with Crippen LogP contribution in [-0.2, 0) is 4.74 Å². The van der Waals surface area contributed by atoms with E-state index < -0.39 is 6.29 Å². The van der Waals surface area contributed by atoms with Gasteiger partial charge in [0.15, 0.2) is 6.29 Å². The molecule has 0 aromatic carbocycles. The first-order chi connectivity index (χ1) is 6.38. The fraction of sp³-hybridized carbons (Fsp3) is 1.00. The van der Waals surface area contributed by atoms with E-state index in [2.05, 4.69) is 4.90 Å². The van der Waals surface area contributed by atoms with Gasteiger partial charge >= 0.3 is 0 Å². The summed E-state index contributed by atoms with van der Waals surface area (Å²) >= 11 is 0. The van der Waals surface area contributed by atoms with Crippen molar-refractivity contribution < 1.29 is 9.84 Å². The molecule has 3 nitrogen and oxygen atoms in total. The monoisotopic (exact) mass is 185 g/mol. The van der Waals surface area contributed by atoms with Crippen molar-refractivity contribution in [3.63, 3.8) is 0 Å². The smallest absolute Gasteiger partial charge is 0.170 e. The first-order valence-corrected chi connectivity index (χ1v) is 5.41. The highest BCUT2D eigenvalue weighted by Gasteiger charge is 2.29. The van der Waals surface area contributed by atoms with Gasteiger partial charge in [-0.05, 0) is 38.8 Å². The van der Waals surface area contributed by atoms with Crippen LogP contribution in [0, 0.1) is 0 Å². The largest absolute Gasteiger partial charge is 0.367 e. The quantitative estimate of drug-likeness (QED) is 0.660. The van der Waals surface area contributed by atoms with Gasteiger partial charge in [-0.25, -0.2) is 0 Å². The molecule has 1 N–H and O–H groups in total. The summed E-state index contributed by atoms with van der Waals surface area (Å²) in [5.74, 6) is 0. The van der Waals surface area contributed by atoms with E-state index in [1.807, 2.05) is 0 Å². The molecule has 0 radical (unpaired) electrons. The van der Waals surface area contributed by atoms with E-state index in [0.29, 0.717) is 0 Å². The molecule has 2 atom stereocenters. The maximum Gasteiger partial charge on any atom is 0.170 e. The molecule has 2 rings (SSSR count). The second kappa shape index (κ2) is 4.40. The molecule has 0 amide bonds. The van der Waals surface area contributed by atoms with E-state index in [0.717, 1.165) is 32.5 Å². The van der Waals surface area contributed by atoms with Crippen LogP contribution in [0.15, 0.2) is 0 Å². The van der Waals surface area contributed by atoms with Crippen molar-refractivity contribution in [3.05, 3.63) is 0 Å². The lowest BCUT2D eigenvalue weighted by Crippen LogP contribution is -2.49. The first kappa shape index (κ1) is 9.44. The summed E-state index contributed by atoms with van der Waals surface area (Å²) in [5.41, 5.74) is 0. The van der Waals surface area contributed by atoms with Crippen molar-refractivity contribution in [2.45, 2.75) is 44.4 Å². The van der Waals surface area contributed by atoms with Crippen molar-refractivity contribution in [1.82, 2.24) is 4.90 Å². The molecule has 0 spiro atoms. The number of piperidine rings is 1. The molecule has 0 aliphatic carbocycles. The van der Waals surface area contributed by atoms with Crippen molar-refractivity contribution >= 4 is 0 Å². The van der Waals surface area contributed by atoms with Gasteiger partial charge in [0.1, 0.15) is 0 Å². The van der Waals surface area contributed by atoms with Crippen LogP contribution >= 0.6 is 0 Å². The zero-order chi connectivity index (χ0) is 9.10. The molecule has 0 unspecified atom stereocenters. The number of hydrogen-bond donors (Lipinski definition) is 1. The van der Waals surface area contributed by atoms with Gasteiger partial charge in [0.25, 0.3) is 0 Å². The average molecular weight is 185 g/mol. The molecular formula is C10H19NO2. The van der Waals surface area contributed by atoms with Gasteiger partial charge in [-0.2, -0.15) is 0 Å². The van der Waals surface area contributed by atoms with E-state index >= 15 is 0 Å². The van der Waals surface area contributed by atoms with E-state index in [1.165, 1.54) is 19.3 Å². The van der Waals surface area contributed by atoms with Crippen LogP contribution in [0.2, 0.25) is 0 Å². The van der Waals surface area contributed by atoms with Gasteiger partial charge in [-0.1, -0.05) is 6.42 Å². The molecule has 2 aliphatic heterocycles. The number of aliphatic hydroxyl groups is 1. The van der Waals surface area contributed by atoms with Crippen LogP contribution in [0.3, 0.4) is 0 Å². The minimum absolute atomic E-state index is 0.272. The summed E-state index contributed by atoms with van der Waals surface area (Å²) in [4.78, 5) is 2.40. The molecule has 13 heavy (non-hydrogen) atoms. The Kier molecular flexibility index (Phi) is 3.19. The average Bonchev–Trinajstić information content (AvgIpc) is 2.20. The van der Waals surface area contributed by atoms with Crippen LogP contribution in [0.5, 0.6) is 0 Å². The molecule has 3 heteroatoms. The number of rotatable bonds is 1. The van der Waals surface area contributed by atoms with E-state index in [9.17, 15) is 5.11 Å². The van der Waals surface area contributed by atoms with Gasteiger partial charge in [0.2, 0.25) is 0 Å². The molecule has 0 aromatic rings. The maximum atomic E-state index is 9.66. The number of hydrogen-bond acceptors (Lipinski definition) is 3. The van der Waals surface area contributed by atoms with Gasteiger partial charge < -0.3 is 9.84 Å². The third-order valence-electron chi connectivity index (χ3n) is 3.12. The minimum Gasteiger partial charge on any atom is -0.367 e. The van der Waals surface area contributed by atoms with Crippen molar-refractivity contribution in [3.8, 4) is 0 Å². The van der Waals surface area contributed by atoms with Gasteiger partial charge in [0.05, 0.1) is 6.04 Å². The Bertz CT molecular complexity index is 157. The SMILES string of the molecule is O[C@H]1OCCC[C@@H]1N1CCCCC1. The minimum atomic E-state index is -0.535. The van der Waals surface area contributed by atoms with E-state index in [-0.39, 0.29) is 6.04 Å². The van der Waals surface area contributed by atoms with Crippen LogP contribution in [0.25, 0.3) is 0 Å². The molecule has 0 aromatic heterocycles. The standard InChI is InChI=1S/C10H19NO2/c12-10-9(5-4-8-13-10)11-6-2-1-3-7-11/h9-10,12H,1-8H2/t9-,10-/m0/s1. The third-order valence-corrected chi connectivity index (χ3v) is 3.12. The lowest BCUT2D eigenvalue weighted by molar-refractivity contribution is -0.169. The molecule has 76 valence electrons. The molecule has 2 aliphatic rings. The Hall–Kier alpha value is -0.120. The highest BCUT2D eigenvalue weighted by Crippen LogP contribution is 2.21. The number of likely N-dealkylation sites (tertiary alicyclic amines) is 1. The molecule has 2 fully saturated rings. The fourth-order valence-corrected chi connectivity index (χ4v) is 2.36. The topological polar surface area (TPSA) is 32.7 Å². The normalized spacial score (nSPS) is 37.6. The van der Waals surface area contributed by atoms with Crippen LogP contribution in [-0.4, -0.2) is 42.0 Å². The second-order valence-corrected chi connectivity index (χ2v) is 4.07. The Balaban J connectivity index is 1.88. The Morgan fingerprint density at radius 3 is 2.54 bits per heavy atom. The van der Waals surface area contributed by atoms with Crippen molar-refractivity contribution in [1.29, 1.82) is 0 Å². The molecular weight excluding hydrogens is 166 g/mol. The van der Waals surface area contributed by atoms with Crippen molar-refractivity contribution in [2.75, 3.05) is 19.7 Å². The van der Waals surface area contributed by atoms with Crippen molar-refractivity contribution in [2.24, 2.45) is 0 Å². The second-order valence-electron chi connectivity index (χ2n) is 4.07. The number of ether oxygens (including phenoxy) is 1. The van der Waals surface area contributed by atoms with E-state index in [1.54, 1.807) is 0 Å². The summed E-state index contributed by atoms with van der Waals surface area (Å²) in [6, 6.07) is 0.272. The highest BCUT2D eigenvalue weighted by atomic mass is 16.6. The lowest BCUT2D eigenvalue weighted by Gasteiger charge is -2.39. The maximum absolute atomic E-state index is 9.66. The lowest BCUT2D eigenvalue weighted by atomic mass is 10.0. The van der Waals surface area contributed by atoms with Gasteiger partial charge in [0, 0.05) is 6.61 Å². The first-order valence-electron chi connectivity index (χ1n) is 5.41. The molecule has 0 bridgehead atoms. The predicted octanol–water partition coefficient (Wildman–Crippen LogP) is 0.970. The van der Waals surface area contributed by atoms with Gasteiger partial charge in [-0.3, -0.25) is 4.90 Å². The Morgan fingerprint density at radius 1 is 1.08 bits per heavy atom.